The highest BCUT2D eigenvalue weighted by molar-refractivity contribution is 6.35. The van der Waals surface area contributed by atoms with Crippen LogP contribution < -0.4 is 4.74 Å². The Labute approximate surface area is 194 Å². The fourth-order valence-corrected chi connectivity index (χ4v) is 3.81. The number of aromatic nitrogens is 3. The number of halogens is 3. The highest BCUT2D eigenvalue weighted by Crippen LogP contribution is 2.32. The van der Waals surface area contributed by atoms with Crippen molar-refractivity contribution >= 4 is 34.8 Å². The number of rotatable bonds is 8. The van der Waals surface area contributed by atoms with Gasteiger partial charge in [-0.1, -0.05) is 40.9 Å². The van der Waals surface area contributed by atoms with Gasteiger partial charge in [-0.25, -0.2) is 4.98 Å². The van der Waals surface area contributed by atoms with Crippen LogP contribution >= 0.6 is 34.8 Å². The Kier molecular flexibility index (Phi) is 9.84. The highest BCUT2D eigenvalue weighted by Gasteiger charge is 2.16. The van der Waals surface area contributed by atoms with Crippen molar-refractivity contribution in [2.45, 2.75) is 32.2 Å². The monoisotopic (exact) mass is 486 g/mol. The Morgan fingerprint density at radius 3 is 2.48 bits per heavy atom. The molecule has 11 heteroatoms. The molecule has 0 aliphatic rings. The SMILES string of the molecule is Cc1cc(Cl)ccc1OCCCC(Cn1cncn1)c1ccc(Cl)cc1Cl.O=[N+]([O-])O. The number of benzene rings is 2. The van der Waals surface area contributed by atoms with Crippen LogP contribution in [0.5, 0.6) is 5.75 Å². The zero-order valence-electron chi connectivity index (χ0n) is 16.6. The summed E-state index contributed by atoms with van der Waals surface area (Å²) in [4.78, 5) is 12.4. The van der Waals surface area contributed by atoms with Gasteiger partial charge in [0.2, 0.25) is 0 Å². The van der Waals surface area contributed by atoms with Gasteiger partial charge in [-0.2, -0.15) is 5.10 Å². The number of ether oxygens (including phenoxy) is 1. The lowest BCUT2D eigenvalue weighted by Crippen LogP contribution is -2.12. The molecule has 1 unspecified atom stereocenters. The molecule has 0 amide bonds. The number of hydrogen-bond acceptors (Lipinski definition) is 5. The zero-order valence-corrected chi connectivity index (χ0v) is 18.9. The topological polar surface area (TPSA) is 103 Å². The van der Waals surface area contributed by atoms with Gasteiger partial charge in [-0.3, -0.25) is 4.68 Å². The van der Waals surface area contributed by atoms with E-state index < -0.39 is 5.09 Å². The van der Waals surface area contributed by atoms with Gasteiger partial charge in [0.1, 0.15) is 18.4 Å². The summed E-state index contributed by atoms with van der Waals surface area (Å²) < 4.78 is 7.73. The Bertz CT molecular complexity index is 983. The van der Waals surface area contributed by atoms with E-state index in [1.165, 1.54) is 6.33 Å². The molecule has 1 aromatic heterocycles. The van der Waals surface area contributed by atoms with Crippen molar-refractivity contribution in [3.05, 3.63) is 85.4 Å². The molecule has 2 aromatic carbocycles. The summed E-state index contributed by atoms with van der Waals surface area (Å²) in [6.45, 7) is 3.30. The summed E-state index contributed by atoms with van der Waals surface area (Å²) >= 11 is 18.5. The molecule has 0 bridgehead atoms. The molecule has 1 N–H and O–H groups in total. The van der Waals surface area contributed by atoms with Crippen LogP contribution in [0.2, 0.25) is 15.1 Å². The quantitative estimate of drug-likeness (QED) is 0.243. The van der Waals surface area contributed by atoms with Crippen molar-refractivity contribution in [3.8, 4) is 5.75 Å². The molecule has 3 aromatic rings. The molecular formula is C20H21Cl3N4O4. The fourth-order valence-electron chi connectivity index (χ4n) is 3.02. The smallest absolute Gasteiger partial charge is 0.291 e. The average molecular weight is 488 g/mol. The predicted octanol–water partition coefficient (Wildman–Crippen LogP) is 5.84. The van der Waals surface area contributed by atoms with E-state index in [-0.39, 0.29) is 5.92 Å². The van der Waals surface area contributed by atoms with Gasteiger partial charge in [0, 0.05) is 27.5 Å². The largest absolute Gasteiger partial charge is 0.493 e. The van der Waals surface area contributed by atoms with Crippen molar-refractivity contribution in [2.75, 3.05) is 6.61 Å². The first-order valence-corrected chi connectivity index (χ1v) is 10.4. The number of nitrogens with zero attached hydrogens (tertiary/aromatic N) is 4. The van der Waals surface area contributed by atoms with E-state index in [9.17, 15) is 0 Å². The maximum absolute atomic E-state index is 8.36. The molecule has 0 aliphatic carbocycles. The standard InChI is InChI=1S/C20H20Cl3N3O.HNO3/c1-14-9-16(21)5-7-20(14)27-8-2-3-15(11-26-13-24-12-25-26)18-6-4-17(22)10-19(18)23;2-1(3)4/h4-7,9-10,12-13,15H,2-3,8,11H2,1H3;(H,2,3,4). The second-order valence-electron chi connectivity index (χ2n) is 6.62. The fraction of sp³-hybridized carbons (Fsp3) is 0.300. The van der Waals surface area contributed by atoms with E-state index >= 15 is 0 Å². The second-order valence-corrected chi connectivity index (χ2v) is 7.90. The van der Waals surface area contributed by atoms with Gasteiger partial charge in [0.25, 0.3) is 5.09 Å². The highest BCUT2D eigenvalue weighted by atomic mass is 35.5. The molecule has 31 heavy (non-hydrogen) atoms. The zero-order chi connectivity index (χ0) is 22.8. The lowest BCUT2D eigenvalue weighted by atomic mass is 9.94. The first-order valence-electron chi connectivity index (χ1n) is 9.26. The van der Waals surface area contributed by atoms with Crippen molar-refractivity contribution in [1.29, 1.82) is 0 Å². The first kappa shape index (κ1) is 24.7. The minimum absolute atomic E-state index is 0.186. The third-order valence-electron chi connectivity index (χ3n) is 4.37. The molecule has 3 rings (SSSR count). The predicted molar refractivity (Wildman–Crippen MR) is 119 cm³/mol. The molecule has 0 radical (unpaired) electrons. The van der Waals surface area contributed by atoms with Crippen LogP contribution in [-0.2, 0) is 6.54 Å². The van der Waals surface area contributed by atoms with Gasteiger partial charge >= 0.3 is 0 Å². The van der Waals surface area contributed by atoms with E-state index in [1.54, 1.807) is 12.4 Å². The Balaban J connectivity index is 0.000000785. The van der Waals surface area contributed by atoms with Crippen LogP contribution in [0.4, 0.5) is 0 Å². The van der Waals surface area contributed by atoms with E-state index in [1.807, 2.05) is 41.9 Å². The van der Waals surface area contributed by atoms with E-state index in [0.29, 0.717) is 28.2 Å². The van der Waals surface area contributed by atoms with Crippen LogP contribution in [-0.4, -0.2) is 31.7 Å². The molecule has 8 nitrogen and oxygen atoms in total. The molecule has 166 valence electrons. The summed E-state index contributed by atoms with van der Waals surface area (Å²) in [5, 5.41) is 19.9. The molecular weight excluding hydrogens is 467 g/mol. The average Bonchev–Trinajstić information content (AvgIpc) is 3.18. The summed E-state index contributed by atoms with van der Waals surface area (Å²) in [6.07, 6.45) is 5.02. The lowest BCUT2D eigenvalue weighted by molar-refractivity contribution is -0.742. The molecule has 0 spiro atoms. The Morgan fingerprint density at radius 1 is 1.19 bits per heavy atom. The third kappa shape index (κ3) is 8.61. The van der Waals surface area contributed by atoms with Crippen molar-refractivity contribution in [3.63, 3.8) is 0 Å². The van der Waals surface area contributed by atoms with Crippen LogP contribution in [0.3, 0.4) is 0 Å². The van der Waals surface area contributed by atoms with E-state index in [4.69, 9.17) is 54.9 Å². The van der Waals surface area contributed by atoms with Crippen LogP contribution in [0, 0.1) is 17.0 Å². The minimum Gasteiger partial charge on any atom is -0.493 e. The maximum atomic E-state index is 8.36. The van der Waals surface area contributed by atoms with Crippen LogP contribution in [0.15, 0.2) is 49.1 Å². The molecule has 1 atom stereocenters. The second kappa shape index (κ2) is 12.3. The Hall–Kier alpha value is -2.55. The Morgan fingerprint density at radius 2 is 1.87 bits per heavy atom. The van der Waals surface area contributed by atoms with E-state index in [2.05, 4.69) is 10.1 Å². The summed E-state index contributed by atoms with van der Waals surface area (Å²) in [5.41, 5.74) is 2.08. The van der Waals surface area contributed by atoms with Crippen molar-refractivity contribution < 1.29 is 15.0 Å². The minimum atomic E-state index is -1.50. The van der Waals surface area contributed by atoms with E-state index in [0.717, 1.165) is 29.7 Å². The van der Waals surface area contributed by atoms with Crippen molar-refractivity contribution in [2.24, 2.45) is 0 Å². The van der Waals surface area contributed by atoms with Gasteiger partial charge in [-0.05, 0) is 61.2 Å². The van der Waals surface area contributed by atoms with Crippen LogP contribution in [0.1, 0.15) is 29.9 Å². The molecule has 0 aliphatic heterocycles. The normalized spacial score (nSPS) is 11.4. The number of hydrogen-bond donors (Lipinski definition) is 1. The summed E-state index contributed by atoms with van der Waals surface area (Å²) in [5.74, 6) is 1.04. The molecule has 0 saturated heterocycles. The van der Waals surface area contributed by atoms with Crippen LogP contribution in [0.25, 0.3) is 0 Å². The molecule has 1 heterocycles. The third-order valence-corrected chi connectivity index (χ3v) is 5.17. The van der Waals surface area contributed by atoms with Gasteiger partial charge in [0.15, 0.2) is 0 Å². The summed E-state index contributed by atoms with van der Waals surface area (Å²) in [6, 6.07) is 11.3. The first-order chi connectivity index (χ1) is 14.8. The van der Waals surface area contributed by atoms with Gasteiger partial charge in [-0.15, -0.1) is 10.1 Å². The van der Waals surface area contributed by atoms with Gasteiger partial charge < -0.3 is 9.94 Å². The number of aryl methyl sites for hydroxylation is 1. The lowest BCUT2D eigenvalue weighted by Gasteiger charge is -2.19. The molecule has 0 fully saturated rings. The molecule has 0 saturated carbocycles. The maximum Gasteiger partial charge on any atom is 0.291 e. The van der Waals surface area contributed by atoms with Gasteiger partial charge in [0.05, 0.1) is 6.61 Å². The van der Waals surface area contributed by atoms with Crippen molar-refractivity contribution in [1.82, 2.24) is 14.8 Å². The summed E-state index contributed by atoms with van der Waals surface area (Å²) in [7, 11) is 0.